The van der Waals surface area contributed by atoms with E-state index >= 15 is 0 Å². The molecule has 0 saturated heterocycles. The molecule has 0 bridgehead atoms. The van der Waals surface area contributed by atoms with Crippen molar-refractivity contribution in [3.8, 4) is 11.5 Å². The van der Waals surface area contributed by atoms with Gasteiger partial charge in [-0.1, -0.05) is 35.9 Å². The van der Waals surface area contributed by atoms with Gasteiger partial charge in [0.05, 0.1) is 5.56 Å². The van der Waals surface area contributed by atoms with Gasteiger partial charge in [-0.25, -0.2) is 4.79 Å². The maximum atomic E-state index is 12.1. The van der Waals surface area contributed by atoms with Crippen LogP contribution in [0, 0.1) is 6.92 Å². The predicted molar refractivity (Wildman–Crippen MR) is 98.4 cm³/mol. The number of carbonyl (C=O) groups is 1. The Kier molecular flexibility index (Phi) is 5.36. The van der Waals surface area contributed by atoms with Gasteiger partial charge in [0, 0.05) is 5.02 Å². The van der Waals surface area contributed by atoms with Crippen molar-refractivity contribution >= 4 is 17.6 Å². The quantitative estimate of drug-likeness (QED) is 0.452. The SMILES string of the molecule is Cc1cccc(OCc2ccc(C(=O)Oc3ccc(Cl)cc3)cc2)c1. The molecular formula is C21H17ClO3. The molecule has 3 rings (SSSR count). The van der Waals surface area contributed by atoms with E-state index in [1.165, 1.54) is 0 Å². The van der Waals surface area contributed by atoms with Gasteiger partial charge in [0.15, 0.2) is 0 Å². The average Bonchev–Trinajstić information content (AvgIpc) is 2.62. The predicted octanol–water partition coefficient (Wildman–Crippen LogP) is 5.45. The number of ether oxygens (including phenoxy) is 2. The van der Waals surface area contributed by atoms with Crippen LogP contribution in [0.15, 0.2) is 72.8 Å². The lowest BCUT2D eigenvalue weighted by atomic mass is 10.1. The van der Waals surface area contributed by atoms with E-state index in [2.05, 4.69) is 0 Å². The van der Waals surface area contributed by atoms with E-state index in [4.69, 9.17) is 21.1 Å². The number of esters is 1. The molecule has 126 valence electrons. The van der Waals surface area contributed by atoms with Crippen LogP contribution in [0.1, 0.15) is 21.5 Å². The molecule has 0 aromatic heterocycles. The van der Waals surface area contributed by atoms with Gasteiger partial charge in [-0.2, -0.15) is 0 Å². The highest BCUT2D eigenvalue weighted by atomic mass is 35.5. The minimum atomic E-state index is -0.409. The van der Waals surface area contributed by atoms with Crippen molar-refractivity contribution < 1.29 is 14.3 Å². The molecule has 0 heterocycles. The zero-order valence-electron chi connectivity index (χ0n) is 13.7. The third-order valence-corrected chi connectivity index (χ3v) is 3.86. The van der Waals surface area contributed by atoms with Crippen molar-refractivity contribution in [3.63, 3.8) is 0 Å². The fourth-order valence-corrected chi connectivity index (χ4v) is 2.40. The summed E-state index contributed by atoms with van der Waals surface area (Å²) in [4.78, 5) is 12.1. The summed E-state index contributed by atoms with van der Waals surface area (Å²) < 4.78 is 11.1. The monoisotopic (exact) mass is 352 g/mol. The molecule has 0 atom stereocenters. The largest absolute Gasteiger partial charge is 0.489 e. The molecule has 4 heteroatoms. The molecular weight excluding hydrogens is 336 g/mol. The molecule has 0 N–H and O–H groups in total. The molecule has 0 unspecified atom stereocenters. The molecule has 25 heavy (non-hydrogen) atoms. The lowest BCUT2D eigenvalue weighted by molar-refractivity contribution is 0.0734. The summed E-state index contributed by atoms with van der Waals surface area (Å²) in [7, 11) is 0. The number of carbonyl (C=O) groups excluding carboxylic acids is 1. The maximum absolute atomic E-state index is 12.1. The standard InChI is InChI=1S/C21H17ClO3/c1-15-3-2-4-20(13-15)24-14-16-5-7-17(8-6-16)21(23)25-19-11-9-18(22)10-12-19/h2-13H,14H2,1H3. The maximum Gasteiger partial charge on any atom is 0.343 e. The molecule has 3 nitrogen and oxygen atoms in total. The van der Waals surface area contributed by atoms with Gasteiger partial charge in [0.2, 0.25) is 0 Å². The van der Waals surface area contributed by atoms with Crippen molar-refractivity contribution in [2.45, 2.75) is 13.5 Å². The van der Waals surface area contributed by atoms with Crippen LogP contribution in [0.4, 0.5) is 0 Å². The molecule has 0 amide bonds. The van der Waals surface area contributed by atoms with Crippen LogP contribution in [0.3, 0.4) is 0 Å². The van der Waals surface area contributed by atoms with Gasteiger partial charge in [0.25, 0.3) is 0 Å². The van der Waals surface area contributed by atoms with Crippen molar-refractivity contribution in [1.82, 2.24) is 0 Å². The minimum Gasteiger partial charge on any atom is -0.489 e. The Morgan fingerprint density at radius 3 is 2.32 bits per heavy atom. The van der Waals surface area contributed by atoms with Gasteiger partial charge in [-0.3, -0.25) is 0 Å². The number of hydrogen-bond acceptors (Lipinski definition) is 3. The van der Waals surface area contributed by atoms with Gasteiger partial charge >= 0.3 is 5.97 Å². The van der Waals surface area contributed by atoms with E-state index < -0.39 is 5.97 Å². The Labute approximate surface area is 151 Å². The highest BCUT2D eigenvalue weighted by molar-refractivity contribution is 6.30. The summed E-state index contributed by atoms with van der Waals surface area (Å²) in [5.41, 5.74) is 2.61. The van der Waals surface area contributed by atoms with E-state index in [-0.39, 0.29) is 0 Å². The van der Waals surface area contributed by atoms with Crippen LogP contribution >= 0.6 is 11.6 Å². The van der Waals surface area contributed by atoms with Crippen molar-refractivity contribution in [3.05, 3.63) is 94.5 Å². The topological polar surface area (TPSA) is 35.5 Å². The number of rotatable bonds is 5. The van der Waals surface area contributed by atoms with Gasteiger partial charge in [-0.15, -0.1) is 0 Å². The fraction of sp³-hybridized carbons (Fsp3) is 0.0952. The molecule has 0 aliphatic carbocycles. The molecule has 0 radical (unpaired) electrons. The first-order valence-electron chi connectivity index (χ1n) is 7.86. The number of aryl methyl sites for hydroxylation is 1. The fourth-order valence-electron chi connectivity index (χ4n) is 2.28. The highest BCUT2D eigenvalue weighted by Crippen LogP contribution is 2.18. The average molecular weight is 353 g/mol. The smallest absolute Gasteiger partial charge is 0.343 e. The van der Waals surface area contributed by atoms with Gasteiger partial charge < -0.3 is 9.47 Å². The Morgan fingerprint density at radius 1 is 0.920 bits per heavy atom. The van der Waals surface area contributed by atoms with E-state index in [0.29, 0.717) is 22.9 Å². The van der Waals surface area contributed by atoms with Crippen molar-refractivity contribution in [2.24, 2.45) is 0 Å². The first kappa shape index (κ1) is 17.1. The van der Waals surface area contributed by atoms with Crippen molar-refractivity contribution in [1.29, 1.82) is 0 Å². The summed E-state index contributed by atoms with van der Waals surface area (Å²) in [5, 5.41) is 0.595. The normalized spacial score (nSPS) is 10.3. The van der Waals surface area contributed by atoms with E-state index in [1.54, 1.807) is 36.4 Å². The number of hydrogen-bond donors (Lipinski definition) is 0. The zero-order valence-corrected chi connectivity index (χ0v) is 14.5. The molecule has 3 aromatic carbocycles. The summed E-state index contributed by atoms with van der Waals surface area (Å²) in [5.74, 6) is 0.876. The van der Waals surface area contributed by atoms with Gasteiger partial charge in [-0.05, 0) is 66.6 Å². The Hall–Kier alpha value is -2.78. The van der Waals surface area contributed by atoms with Crippen LogP contribution < -0.4 is 9.47 Å². The van der Waals surface area contributed by atoms with Crippen LogP contribution in [0.5, 0.6) is 11.5 Å². The molecule has 0 aliphatic heterocycles. The lowest BCUT2D eigenvalue weighted by Crippen LogP contribution is -2.08. The van der Waals surface area contributed by atoms with Crippen LogP contribution in [-0.2, 0) is 6.61 Å². The summed E-state index contributed by atoms with van der Waals surface area (Å²) >= 11 is 5.81. The first-order chi connectivity index (χ1) is 12.1. The van der Waals surface area contributed by atoms with Crippen LogP contribution in [-0.4, -0.2) is 5.97 Å². The van der Waals surface area contributed by atoms with Crippen LogP contribution in [0.25, 0.3) is 0 Å². The second-order valence-corrected chi connectivity index (χ2v) is 6.08. The van der Waals surface area contributed by atoms with E-state index in [0.717, 1.165) is 16.9 Å². The molecule has 0 saturated carbocycles. The van der Waals surface area contributed by atoms with Gasteiger partial charge in [0.1, 0.15) is 18.1 Å². The second kappa shape index (κ2) is 7.86. The summed E-state index contributed by atoms with van der Waals surface area (Å²) in [6, 6.07) is 21.7. The number of benzene rings is 3. The lowest BCUT2D eigenvalue weighted by Gasteiger charge is -2.08. The minimum absolute atomic E-state index is 0.409. The highest BCUT2D eigenvalue weighted by Gasteiger charge is 2.08. The first-order valence-corrected chi connectivity index (χ1v) is 8.24. The Balaban J connectivity index is 1.59. The summed E-state index contributed by atoms with van der Waals surface area (Å²) in [6.45, 7) is 2.46. The third kappa shape index (κ3) is 4.85. The third-order valence-electron chi connectivity index (χ3n) is 3.61. The van der Waals surface area contributed by atoms with Crippen molar-refractivity contribution in [2.75, 3.05) is 0 Å². The molecule has 0 fully saturated rings. The summed E-state index contributed by atoms with van der Waals surface area (Å²) in [6.07, 6.45) is 0. The number of halogens is 1. The Bertz CT molecular complexity index is 855. The Morgan fingerprint density at radius 2 is 1.64 bits per heavy atom. The molecule has 0 aliphatic rings. The van der Waals surface area contributed by atoms with Crippen LogP contribution in [0.2, 0.25) is 5.02 Å². The zero-order chi connectivity index (χ0) is 17.6. The second-order valence-electron chi connectivity index (χ2n) is 5.65. The molecule has 3 aromatic rings. The van der Waals surface area contributed by atoms with E-state index in [1.807, 2.05) is 43.3 Å². The van der Waals surface area contributed by atoms with E-state index in [9.17, 15) is 4.79 Å². The molecule has 0 spiro atoms.